The summed E-state index contributed by atoms with van der Waals surface area (Å²) in [5, 5.41) is 6.65. The van der Waals surface area contributed by atoms with Gasteiger partial charge in [-0.25, -0.2) is 8.78 Å². The van der Waals surface area contributed by atoms with Gasteiger partial charge >= 0.3 is 0 Å². The smallest absolute Gasteiger partial charge is 0.153 e. The van der Waals surface area contributed by atoms with Gasteiger partial charge in [-0.2, -0.15) is 5.10 Å². The summed E-state index contributed by atoms with van der Waals surface area (Å²) < 4.78 is 26.6. The van der Waals surface area contributed by atoms with E-state index >= 15 is 0 Å². The number of aromatic nitrogens is 2. The maximum atomic E-state index is 13.7. The predicted molar refractivity (Wildman–Crippen MR) is 62.4 cm³/mol. The Labute approximate surface area is 97.7 Å². The molecule has 3 N–H and O–H groups in total. The van der Waals surface area contributed by atoms with Crippen LogP contribution in [0.4, 0.5) is 14.6 Å². The van der Waals surface area contributed by atoms with Gasteiger partial charge in [0, 0.05) is 22.9 Å². The zero-order chi connectivity index (χ0) is 12.6. The molecule has 17 heavy (non-hydrogen) atoms. The van der Waals surface area contributed by atoms with Gasteiger partial charge in [-0.1, -0.05) is 13.8 Å². The van der Waals surface area contributed by atoms with Crippen LogP contribution in [0.2, 0.25) is 0 Å². The van der Waals surface area contributed by atoms with Gasteiger partial charge in [0.2, 0.25) is 0 Å². The summed E-state index contributed by atoms with van der Waals surface area (Å²) >= 11 is 0. The Hall–Kier alpha value is -1.91. The van der Waals surface area contributed by atoms with Gasteiger partial charge in [-0.15, -0.1) is 0 Å². The number of rotatable bonds is 2. The molecule has 0 radical (unpaired) electrons. The lowest BCUT2D eigenvalue weighted by atomic mass is 9.99. The van der Waals surface area contributed by atoms with Crippen molar-refractivity contribution in [1.82, 2.24) is 10.2 Å². The second kappa shape index (κ2) is 4.16. The highest BCUT2D eigenvalue weighted by atomic mass is 19.1. The van der Waals surface area contributed by atoms with E-state index in [0.29, 0.717) is 5.56 Å². The maximum absolute atomic E-state index is 13.7. The average molecular weight is 237 g/mol. The van der Waals surface area contributed by atoms with E-state index < -0.39 is 11.6 Å². The Balaban J connectivity index is 2.63. The van der Waals surface area contributed by atoms with Gasteiger partial charge in [-0.05, 0) is 18.1 Å². The molecule has 5 heteroatoms. The van der Waals surface area contributed by atoms with Crippen molar-refractivity contribution in [2.24, 2.45) is 0 Å². The summed E-state index contributed by atoms with van der Waals surface area (Å²) in [4.78, 5) is 0. The fraction of sp³-hybridized carbons (Fsp3) is 0.250. The zero-order valence-corrected chi connectivity index (χ0v) is 9.59. The maximum Gasteiger partial charge on any atom is 0.153 e. The molecule has 0 aliphatic heterocycles. The van der Waals surface area contributed by atoms with E-state index in [9.17, 15) is 8.78 Å². The number of nitrogens with two attached hydrogens (primary N) is 1. The quantitative estimate of drug-likeness (QED) is 0.843. The minimum absolute atomic E-state index is 0.124. The van der Waals surface area contributed by atoms with Crippen molar-refractivity contribution in [2.75, 3.05) is 5.73 Å². The van der Waals surface area contributed by atoms with Crippen LogP contribution in [0.25, 0.3) is 11.1 Å². The normalized spacial score (nSPS) is 11.1. The third-order valence-electron chi connectivity index (χ3n) is 2.60. The Morgan fingerprint density at radius 1 is 1.29 bits per heavy atom. The first-order valence-electron chi connectivity index (χ1n) is 5.30. The summed E-state index contributed by atoms with van der Waals surface area (Å²) in [5.41, 5.74) is 7.24. The molecule has 0 aliphatic carbocycles. The Kier molecular flexibility index (Phi) is 2.83. The van der Waals surface area contributed by atoms with Crippen molar-refractivity contribution in [3.8, 4) is 11.1 Å². The molecule has 0 atom stereocenters. The average Bonchev–Trinajstić information content (AvgIpc) is 2.60. The molecule has 3 nitrogen and oxygen atoms in total. The number of aromatic amines is 1. The molecule has 0 saturated heterocycles. The van der Waals surface area contributed by atoms with E-state index in [1.165, 1.54) is 12.1 Å². The van der Waals surface area contributed by atoms with Crippen molar-refractivity contribution in [1.29, 1.82) is 0 Å². The Morgan fingerprint density at radius 2 is 2.00 bits per heavy atom. The highest BCUT2D eigenvalue weighted by Crippen LogP contribution is 2.33. The van der Waals surface area contributed by atoms with Crippen molar-refractivity contribution < 1.29 is 8.78 Å². The first-order valence-corrected chi connectivity index (χ1v) is 5.30. The molecular formula is C12H13F2N3. The lowest BCUT2D eigenvalue weighted by Crippen LogP contribution is -1.95. The molecule has 0 aliphatic rings. The molecule has 90 valence electrons. The van der Waals surface area contributed by atoms with E-state index in [2.05, 4.69) is 10.2 Å². The zero-order valence-electron chi connectivity index (χ0n) is 9.59. The van der Waals surface area contributed by atoms with E-state index in [4.69, 9.17) is 5.73 Å². The minimum atomic E-state index is -0.639. The highest BCUT2D eigenvalue weighted by molar-refractivity contribution is 5.77. The number of hydrogen-bond acceptors (Lipinski definition) is 2. The second-order valence-electron chi connectivity index (χ2n) is 4.18. The van der Waals surface area contributed by atoms with Crippen molar-refractivity contribution in [2.45, 2.75) is 19.8 Å². The van der Waals surface area contributed by atoms with Crippen LogP contribution in [0.15, 0.2) is 18.2 Å². The Bertz CT molecular complexity index is 547. The third-order valence-corrected chi connectivity index (χ3v) is 2.60. The molecule has 1 aromatic heterocycles. The number of nitrogen functional groups attached to an aromatic ring is 1. The molecular weight excluding hydrogens is 224 g/mol. The molecule has 2 aromatic rings. The molecule has 1 heterocycles. The number of hydrogen-bond donors (Lipinski definition) is 2. The summed E-state index contributed by atoms with van der Waals surface area (Å²) in [5.74, 6) is -0.905. The van der Waals surface area contributed by atoms with Crippen LogP contribution in [-0.2, 0) is 0 Å². The number of halogens is 2. The van der Waals surface area contributed by atoms with E-state index in [1.807, 2.05) is 13.8 Å². The number of anilines is 1. The van der Waals surface area contributed by atoms with Gasteiger partial charge in [0.15, 0.2) is 5.82 Å². The SMILES string of the molecule is CC(C)c1[nH]nc(N)c1-c1ccc(F)cc1F. The van der Waals surface area contributed by atoms with Crippen molar-refractivity contribution in [3.05, 3.63) is 35.5 Å². The topological polar surface area (TPSA) is 54.7 Å². The van der Waals surface area contributed by atoms with Crippen molar-refractivity contribution in [3.63, 3.8) is 0 Å². The lowest BCUT2D eigenvalue weighted by Gasteiger charge is -2.08. The van der Waals surface area contributed by atoms with Crippen LogP contribution in [0, 0.1) is 11.6 Å². The van der Waals surface area contributed by atoms with E-state index in [-0.39, 0.29) is 17.3 Å². The molecule has 0 amide bonds. The van der Waals surface area contributed by atoms with Crippen LogP contribution in [-0.4, -0.2) is 10.2 Å². The number of nitrogens with zero attached hydrogens (tertiary/aromatic N) is 1. The van der Waals surface area contributed by atoms with E-state index in [0.717, 1.165) is 11.8 Å². The number of benzene rings is 1. The fourth-order valence-corrected chi connectivity index (χ4v) is 1.76. The first kappa shape index (κ1) is 11.6. The second-order valence-corrected chi connectivity index (χ2v) is 4.18. The third kappa shape index (κ3) is 2.00. The van der Waals surface area contributed by atoms with Crippen LogP contribution in [0.1, 0.15) is 25.5 Å². The molecule has 0 bridgehead atoms. The van der Waals surface area contributed by atoms with Gasteiger partial charge in [-0.3, -0.25) is 5.10 Å². The van der Waals surface area contributed by atoms with Crippen LogP contribution in [0.5, 0.6) is 0 Å². The predicted octanol–water partition coefficient (Wildman–Crippen LogP) is 3.06. The van der Waals surface area contributed by atoms with Crippen LogP contribution in [0.3, 0.4) is 0 Å². The van der Waals surface area contributed by atoms with Crippen LogP contribution >= 0.6 is 0 Å². The summed E-state index contributed by atoms with van der Waals surface area (Å²) in [6.07, 6.45) is 0. The molecule has 0 spiro atoms. The fourth-order valence-electron chi connectivity index (χ4n) is 1.76. The summed E-state index contributed by atoms with van der Waals surface area (Å²) in [7, 11) is 0. The molecule has 0 unspecified atom stereocenters. The monoisotopic (exact) mass is 237 g/mol. The van der Waals surface area contributed by atoms with Gasteiger partial charge in [0.05, 0.1) is 0 Å². The molecule has 1 aromatic carbocycles. The molecule has 0 fully saturated rings. The number of nitrogens with one attached hydrogen (secondary N) is 1. The summed E-state index contributed by atoms with van der Waals surface area (Å²) in [6, 6.07) is 3.42. The number of H-pyrrole nitrogens is 1. The molecule has 2 rings (SSSR count). The Morgan fingerprint density at radius 3 is 2.59 bits per heavy atom. The van der Waals surface area contributed by atoms with Crippen LogP contribution < -0.4 is 5.73 Å². The largest absolute Gasteiger partial charge is 0.382 e. The lowest BCUT2D eigenvalue weighted by molar-refractivity contribution is 0.585. The van der Waals surface area contributed by atoms with E-state index in [1.54, 1.807) is 0 Å². The van der Waals surface area contributed by atoms with Gasteiger partial charge in [0.25, 0.3) is 0 Å². The van der Waals surface area contributed by atoms with Gasteiger partial charge in [0.1, 0.15) is 11.6 Å². The molecule has 0 saturated carbocycles. The highest BCUT2D eigenvalue weighted by Gasteiger charge is 2.18. The first-order chi connectivity index (χ1) is 8.00. The minimum Gasteiger partial charge on any atom is -0.382 e. The summed E-state index contributed by atoms with van der Waals surface area (Å²) in [6.45, 7) is 3.88. The van der Waals surface area contributed by atoms with Gasteiger partial charge < -0.3 is 5.73 Å². The van der Waals surface area contributed by atoms with Crippen molar-refractivity contribution >= 4 is 5.82 Å². The standard InChI is InChI=1S/C12H13F2N3/c1-6(2)11-10(12(15)17-16-11)8-4-3-7(13)5-9(8)14/h3-6H,1-2H3,(H3,15,16,17).